The van der Waals surface area contributed by atoms with Crippen molar-refractivity contribution in [3.63, 3.8) is 0 Å². The van der Waals surface area contributed by atoms with E-state index in [9.17, 15) is 0 Å². The first-order valence-corrected chi connectivity index (χ1v) is 5.33. The van der Waals surface area contributed by atoms with Gasteiger partial charge in [-0.25, -0.2) is 0 Å². The van der Waals surface area contributed by atoms with Crippen LogP contribution in [0.5, 0.6) is 0 Å². The van der Waals surface area contributed by atoms with Gasteiger partial charge in [0.2, 0.25) is 0 Å². The fourth-order valence-electron chi connectivity index (χ4n) is 1.12. The van der Waals surface area contributed by atoms with Gasteiger partial charge < -0.3 is 0 Å². The van der Waals surface area contributed by atoms with Crippen molar-refractivity contribution in [2.45, 2.75) is 38.4 Å². The zero-order valence-corrected chi connectivity index (χ0v) is 6.12. The Balaban J connectivity index is 3.13. The van der Waals surface area contributed by atoms with Gasteiger partial charge in [-0.3, -0.25) is 0 Å². The first-order chi connectivity index (χ1) is 6.41. The molecular formula is C7H16Si. The third-order valence-corrected chi connectivity index (χ3v) is 3.89. The molecule has 1 rings (SSSR count). The van der Waals surface area contributed by atoms with Crippen LogP contribution in [0.25, 0.3) is 0 Å². The van der Waals surface area contributed by atoms with Gasteiger partial charge in [0.15, 0.2) is 0 Å². The highest BCUT2D eigenvalue weighted by Crippen LogP contribution is 2.33. The zero-order valence-electron chi connectivity index (χ0n) is 12.1. The van der Waals surface area contributed by atoms with E-state index in [1.807, 2.05) is 0 Å². The molecule has 0 aromatic carbocycles. The fourth-order valence-corrected chi connectivity index (χ4v) is 3.36. The van der Waals surface area contributed by atoms with Crippen molar-refractivity contribution in [3.05, 3.63) is 0 Å². The predicted octanol–water partition coefficient (Wildman–Crippen LogP) is 2.73. The molecule has 0 saturated carbocycles. The summed E-state index contributed by atoms with van der Waals surface area (Å²) in [5.74, 6) is -0.866. The Bertz CT molecular complexity index is 237. The molecule has 1 heterocycles. The molecule has 0 aromatic heterocycles. The van der Waals surface area contributed by atoms with Gasteiger partial charge in [0.05, 0.1) is 0 Å². The lowest BCUT2D eigenvalue weighted by Crippen LogP contribution is -2.18. The molecule has 1 aliphatic rings. The first kappa shape index (κ1) is 1.85. The van der Waals surface area contributed by atoms with Crippen LogP contribution in [-0.2, 0) is 0 Å². The van der Waals surface area contributed by atoms with Gasteiger partial charge in [-0.1, -0.05) is 38.4 Å². The van der Waals surface area contributed by atoms with Gasteiger partial charge in [0, 0.05) is 17.7 Å². The van der Waals surface area contributed by atoms with E-state index in [0.717, 1.165) is 0 Å². The van der Waals surface area contributed by atoms with E-state index >= 15 is 0 Å². The lowest BCUT2D eigenvalue weighted by Gasteiger charge is -2.12. The van der Waals surface area contributed by atoms with Crippen LogP contribution in [-0.4, -0.2) is 8.07 Å². The van der Waals surface area contributed by atoms with Crippen molar-refractivity contribution in [1.82, 2.24) is 0 Å². The summed E-state index contributed by atoms with van der Waals surface area (Å²) in [5.41, 5.74) is 0. The Morgan fingerprint density at radius 3 is 2.75 bits per heavy atom. The summed E-state index contributed by atoms with van der Waals surface area (Å²) < 4.78 is 52.6. The minimum atomic E-state index is -3.36. The van der Waals surface area contributed by atoms with Crippen LogP contribution < -0.4 is 0 Å². The maximum absolute atomic E-state index is 7.84. The average molecular weight is 135 g/mol. The molecule has 48 valence electrons. The number of hydrogen-bond donors (Lipinski definition) is 0. The molecule has 0 N–H and O–H groups in total. The molecule has 1 atom stereocenters. The topological polar surface area (TPSA) is 0 Å². The summed E-state index contributed by atoms with van der Waals surface area (Å²) in [5, 5.41) is 0. The van der Waals surface area contributed by atoms with Gasteiger partial charge in [-0.2, -0.15) is 0 Å². The second kappa shape index (κ2) is 1.87. The fraction of sp³-hybridized carbons (Fsp3) is 1.00. The van der Waals surface area contributed by atoms with Crippen LogP contribution in [0, 0.1) is 5.89 Å². The lowest BCUT2D eigenvalue weighted by molar-refractivity contribution is 0.658. The molecule has 0 bridgehead atoms. The predicted molar refractivity (Wildman–Crippen MR) is 40.9 cm³/mol. The average Bonchev–Trinajstić information content (AvgIpc) is 2.23. The van der Waals surface area contributed by atoms with E-state index in [0.29, 0.717) is 6.42 Å². The quantitative estimate of drug-likeness (QED) is 0.448. The number of rotatable bonds is 0. The summed E-state index contributed by atoms with van der Waals surface area (Å²) >= 11 is 0. The van der Waals surface area contributed by atoms with Crippen LogP contribution >= 0.6 is 0 Å². The first-order valence-electron chi connectivity index (χ1n) is 6.41. The Kier molecular flexibility index (Phi) is 0.432. The van der Waals surface area contributed by atoms with Gasteiger partial charge >= 0.3 is 0 Å². The molecule has 0 aromatic rings. The standard InChI is InChI=1S/C7H16Si/c1-7-4-5-8(2,3)6-7/h7H,4-6H2,1-3H3/t7-/m1/s1/i2D3,3D3,7D. The lowest BCUT2D eigenvalue weighted by atomic mass is 10.2. The SMILES string of the molecule is [2H]C([2H])([2H])[Si]1(C([2H])([2H])[2H])CC[C@@]([2H])(C)C1. The van der Waals surface area contributed by atoms with E-state index in [-0.39, 0.29) is 12.1 Å². The smallest absolute Gasteiger partial charge is 0.0476 e. The Hall–Kier alpha value is 0.217. The molecule has 0 spiro atoms. The molecule has 0 radical (unpaired) electrons. The van der Waals surface area contributed by atoms with E-state index < -0.39 is 26.9 Å². The number of hydrogen-bond acceptors (Lipinski definition) is 0. The van der Waals surface area contributed by atoms with E-state index in [4.69, 9.17) is 9.60 Å². The maximum atomic E-state index is 7.84. The highest BCUT2D eigenvalue weighted by atomic mass is 28.3. The summed E-state index contributed by atoms with van der Waals surface area (Å²) in [4.78, 5) is 0. The monoisotopic (exact) mass is 135 g/mol. The maximum Gasteiger partial charge on any atom is 0.0476 e. The molecule has 0 unspecified atom stereocenters. The van der Waals surface area contributed by atoms with Gasteiger partial charge in [0.25, 0.3) is 0 Å². The minimum Gasteiger partial charge on any atom is -0.0693 e. The minimum absolute atomic E-state index is 0.0625. The summed E-state index contributed by atoms with van der Waals surface area (Å²) in [7, 11) is -3.36. The van der Waals surface area contributed by atoms with Crippen LogP contribution in [0.15, 0.2) is 0 Å². The van der Waals surface area contributed by atoms with Gasteiger partial charge in [-0.05, 0) is 5.89 Å². The molecule has 8 heavy (non-hydrogen) atoms. The third kappa shape index (κ3) is 1.34. The molecule has 1 heteroatoms. The van der Waals surface area contributed by atoms with Crippen LogP contribution in [0.1, 0.15) is 22.9 Å². The third-order valence-electron chi connectivity index (χ3n) is 1.58. The summed E-state index contributed by atoms with van der Waals surface area (Å²) in [6, 6.07) is 0.285. The Morgan fingerprint density at radius 1 is 1.75 bits per heavy atom. The zero-order chi connectivity index (χ0) is 12.1. The second-order valence-corrected chi connectivity index (χ2v) is 5.73. The largest absolute Gasteiger partial charge is 0.0693 e. The molecule has 0 nitrogen and oxygen atoms in total. The summed E-state index contributed by atoms with van der Waals surface area (Å²) in [6.07, 6.45) is 0.399. The molecule has 0 aliphatic carbocycles. The van der Waals surface area contributed by atoms with E-state index in [1.54, 1.807) is 6.92 Å². The van der Waals surface area contributed by atoms with Crippen molar-refractivity contribution < 1.29 is 9.60 Å². The van der Waals surface area contributed by atoms with Crippen molar-refractivity contribution >= 4 is 8.07 Å². The van der Waals surface area contributed by atoms with Gasteiger partial charge in [0.1, 0.15) is 0 Å². The highest BCUT2D eigenvalue weighted by Gasteiger charge is 2.29. The van der Waals surface area contributed by atoms with Crippen molar-refractivity contribution in [3.8, 4) is 0 Å². The van der Waals surface area contributed by atoms with E-state index in [1.165, 1.54) is 0 Å². The van der Waals surface area contributed by atoms with Crippen molar-refractivity contribution in [2.24, 2.45) is 5.89 Å². The molecule has 0 amide bonds. The summed E-state index contributed by atoms with van der Waals surface area (Å²) in [6.45, 7) is -3.12. The van der Waals surface area contributed by atoms with Crippen molar-refractivity contribution in [2.75, 3.05) is 0 Å². The van der Waals surface area contributed by atoms with Crippen LogP contribution in [0.3, 0.4) is 0 Å². The normalized spacial score (nSPS) is 60.9. The van der Waals surface area contributed by atoms with Gasteiger partial charge in [-0.15, -0.1) is 0 Å². The molecule has 1 fully saturated rings. The molecule has 1 aliphatic heterocycles. The Labute approximate surface area is 63.1 Å². The Morgan fingerprint density at radius 2 is 2.50 bits per heavy atom. The molecule has 1 saturated heterocycles. The van der Waals surface area contributed by atoms with E-state index in [2.05, 4.69) is 0 Å². The van der Waals surface area contributed by atoms with Crippen molar-refractivity contribution in [1.29, 1.82) is 0 Å². The molecular weight excluding hydrogens is 112 g/mol. The second-order valence-electron chi connectivity index (χ2n) is 2.72. The van der Waals surface area contributed by atoms with Crippen LogP contribution in [0.4, 0.5) is 0 Å². The van der Waals surface area contributed by atoms with Crippen LogP contribution in [0.2, 0.25) is 25.0 Å². The highest BCUT2D eigenvalue weighted by molar-refractivity contribution is 6.78.